The van der Waals surface area contributed by atoms with Gasteiger partial charge >= 0.3 is 0 Å². The summed E-state index contributed by atoms with van der Waals surface area (Å²) in [6, 6.07) is 19.0. The maximum Gasteiger partial charge on any atom is 0.264 e. The molecule has 0 spiro atoms. The van der Waals surface area contributed by atoms with Gasteiger partial charge in [0.25, 0.3) is 10.0 Å². The molecule has 0 aromatic heterocycles. The third-order valence-electron chi connectivity index (χ3n) is 6.07. The molecule has 10 heteroatoms. The van der Waals surface area contributed by atoms with Gasteiger partial charge in [0.2, 0.25) is 11.8 Å². The number of likely N-dealkylation sites (N-methyl/N-ethyl adjacent to an activating group) is 1. The van der Waals surface area contributed by atoms with Gasteiger partial charge in [-0.3, -0.25) is 13.9 Å². The number of amides is 2. The molecule has 0 aliphatic carbocycles. The van der Waals surface area contributed by atoms with Crippen LogP contribution in [0.4, 0.5) is 5.69 Å². The summed E-state index contributed by atoms with van der Waals surface area (Å²) in [6.45, 7) is 5.12. The van der Waals surface area contributed by atoms with Crippen LogP contribution in [0.3, 0.4) is 0 Å². The van der Waals surface area contributed by atoms with Gasteiger partial charge in [-0.2, -0.15) is 0 Å². The molecule has 0 aliphatic heterocycles. The van der Waals surface area contributed by atoms with E-state index in [-0.39, 0.29) is 17.3 Å². The molecular weight excluding hydrogens is 526 g/mol. The smallest absolute Gasteiger partial charge is 0.264 e. The highest BCUT2D eigenvalue weighted by Gasteiger charge is 2.33. The molecule has 1 N–H and O–H groups in total. The second-order valence-corrected chi connectivity index (χ2v) is 11.0. The Balaban J connectivity index is 2.04. The monoisotopic (exact) mass is 557 g/mol. The van der Waals surface area contributed by atoms with Crippen molar-refractivity contribution in [3.8, 4) is 5.75 Å². The first-order valence-corrected chi connectivity index (χ1v) is 13.9. The highest BCUT2D eigenvalue weighted by atomic mass is 35.5. The average molecular weight is 558 g/mol. The number of ether oxygens (including phenoxy) is 1. The van der Waals surface area contributed by atoms with Crippen molar-refractivity contribution in [2.75, 3.05) is 24.5 Å². The van der Waals surface area contributed by atoms with E-state index in [1.165, 1.54) is 17.0 Å². The average Bonchev–Trinajstić information content (AvgIpc) is 2.91. The van der Waals surface area contributed by atoms with Crippen LogP contribution in [0.1, 0.15) is 25.0 Å². The summed E-state index contributed by atoms with van der Waals surface area (Å²) in [5.74, 6) is -0.218. The Kier molecular flexibility index (Phi) is 9.77. The molecule has 0 saturated heterocycles. The van der Waals surface area contributed by atoms with Gasteiger partial charge in [-0.25, -0.2) is 8.42 Å². The summed E-state index contributed by atoms with van der Waals surface area (Å²) in [5.41, 5.74) is 1.67. The Morgan fingerprint density at radius 1 is 1.03 bits per heavy atom. The lowest BCUT2D eigenvalue weighted by Gasteiger charge is -2.32. The summed E-state index contributed by atoms with van der Waals surface area (Å²) < 4.78 is 33.9. The molecule has 0 unspecified atom stereocenters. The molecule has 0 fully saturated rings. The van der Waals surface area contributed by atoms with Crippen LogP contribution >= 0.6 is 11.6 Å². The Morgan fingerprint density at radius 3 is 2.26 bits per heavy atom. The number of aryl methyl sites for hydroxylation is 1. The Hall–Kier alpha value is -3.56. The number of nitrogens with one attached hydrogen (secondary N) is 1. The van der Waals surface area contributed by atoms with Crippen molar-refractivity contribution in [3.05, 3.63) is 88.9 Å². The molecule has 38 heavy (non-hydrogen) atoms. The first-order chi connectivity index (χ1) is 18.1. The van der Waals surface area contributed by atoms with E-state index in [4.69, 9.17) is 16.3 Å². The summed E-state index contributed by atoms with van der Waals surface area (Å²) in [4.78, 5) is 28.0. The molecule has 3 rings (SSSR count). The minimum atomic E-state index is -4.13. The van der Waals surface area contributed by atoms with Crippen LogP contribution in [0.15, 0.2) is 77.7 Å². The summed E-state index contributed by atoms with van der Waals surface area (Å²) >= 11 is 6.13. The van der Waals surface area contributed by atoms with Crippen molar-refractivity contribution < 1.29 is 22.7 Å². The van der Waals surface area contributed by atoms with Crippen molar-refractivity contribution >= 4 is 39.1 Å². The molecule has 2 amide bonds. The minimum absolute atomic E-state index is 0.0422. The molecule has 0 bridgehead atoms. The molecule has 0 saturated carbocycles. The summed E-state index contributed by atoms with van der Waals surface area (Å²) in [5, 5.41) is 3.19. The van der Waals surface area contributed by atoms with Crippen LogP contribution in [0.5, 0.6) is 5.75 Å². The first-order valence-electron chi connectivity index (χ1n) is 12.1. The standard InChI is InChI=1S/C28H32ClN3O5S/c1-5-30-28(34)21(3)31(18-22-11-14-24(37-4)15-12-22)27(33)19-32(26-16-13-23(29)17-20(26)2)38(35,36)25-9-7-6-8-10-25/h6-17,21H,5,18-19H2,1-4H3,(H,30,34)/t21-/m0/s1. The van der Waals surface area contributed by atoms with Crippen molar-refractivity contribution in [1.29, 1.82) is 0 Å². The Morgan fingerprint density at radius 2 is 1.68 bits per heavy atom. The van der Waals surface area contributed by atoms with Crippen molar-refractivity contribution in [1.82, 2.24) is 10.2 Å². The van der Waals surface area contributed by atoms with Crippen LogP contribution < -0.4 is 14.4 Å². The fraction of sp³-hybridized carbons (Fsp3) is 0.286. The van der Waals surface area contributed by atoms with Crippen molar-refractivity contribution in [3.63, 3.8) is 0 Å². The van der Waals surface area contributed by atoms with Gasteiger partial charge in [0.05, 0.1) is 17.7 Å². The van der Waals surface area contributed by atoms with Gasteiger partial charge < -0.3 is 15.0 Å². The number of anilines is 1. The van der Waals surface area contributed by atoms with Crippen LogP contribution in [0.2, 0.25) is 5.02 Å². The quantitative estimate of drug-likeness (QED) is 0.377. The topological polar surface area (TPSA) is 96.0 Å². The zero-order chi connectivity index (χ0) is 27.9. The van der Waals surface area contributed by atoms with E-state index in [0.717, 1.165) is 9.87 Å². The number of sulfonamides is 1. The predicted molar refractivity (Wildman–Crippen MR) is 149 cm³/mol. The maximum absolute atomic E-state index is 13.8. The number of carbonyl (C=O) groups is 2. The molecule has 0 aliphatic rings. The number of halogens is 1. The maximum atomic E-state index is 13.8. The van der Waals surface area contributed by atoms with E-state index < -0.39 is 28.5 Å². The highest BCUT2D eigenvalue weighted by molar-refractivity contribution is 7.92. The number of methoxy groups -OCH3 is 1. The number of hydrogen-bond acceptors (Lipinski definition) is 5. The van der Waals surface area contributed by atoms with Crippen LogP contribution in [-0.4, -0.2) is 51.4 Å². The molecule has 3 aromatic carbocycles. The minimum Gasteiger partial charge on any atom is -0.497 e. The second kappa shape index (κ2) is 12.8. The largest absolute Gasteiger partial charge is 0.497 e. The van der Waals surface area contributed by atoms with Crippen LogP contribution in [0, 0.1) is 6.92 Å². The first kappa shape index (κ1) is 29.0. The Bertz CT molecular complexity index is 1360. The van der Waals surface area contributed by atoms with Gasteiger partial charge in [0.1, 0.15) is 18.3 Å². The third kappa shape index (κ3) is 6.85. The number of hydrogen-bond donors (Lipinski definition) is 1. The fourth-order valence-electron chi connectivity index (χ4n) is 3.96. The van der Waals surface area contributed by atoms with Crippen LogP contribution in [-0.2, 0) is 26.2 Å². The highest BCUT2D eigenvalue weighted by Crippen LogP contribution is 2.29. The van der Waals surface area contributed by atoms with Gasteiger partial charge in [-0.15, -0.1) is 0 Å². The van der Waals surface area contributed by atoms with E-state index in [1.54, 1.807) is 88.5 Å². The fourth-order valence-corrected chi connectivity index (χ4v) is 5.69. The number of rotatable bonds is 11. The molecule has 0 heterocycles. The van der Waals surface area contributed by atoms with E-state index in [0.29, 0.717) is 28.6 Å². The molecule has 202 valence electrons. The van der Waals surface area contributed by atoms with E-state index >= 15 is 0 Å². The van der Waals surface area contributed by atoms with E-state index in [1.807, 2.05) is 0 Å². The molecular formula is C28H32ClN3O5S. The lowest BCUT2D eigenvalue weighted by atomic mass is 10.1. The second-order valence-electron chi connectivity index (χ2n) is 8.70. The van der Waals surface area contributed by atoms with E-state index in [2.05, 4.69) is 5.32 Å². The lowest BCUT2D eigenvalue weighted by molar-refractivity contribution is -0.139. The predicted octanol–water partition coefficient (Wildman–Crippen LogP) is 4.41. The zero-order valence-corrected chi connectivity index (χ0v) is 23.4. The third-order valence-corrected chi connectivity index (χ3v) is 8.08. The van der Waals surface area contributed by atoms with Gasteiger partial charge in [0.15, 0.2) is 0 Å². The van der Waals surface area contributed by atoms with Crippen molar-refractivity contribution in [2.24, 2.45) is 0 Å². The molecule has 3 aromatic rings. The summed E-state index contributed by atoms with van der Waals surface area (Å²) in [7, 11) is -2.57. The van der Waals surface area contributed by atoms with Gasteiger partial charge in [0, 0.05) is 18.1 Å². The van der Waals surface area contributed by atoms with Gasteiger partial charge in [-0.05, 0) is 74.4 Å². The van der Waals surface area contributed by atoms with E-state index in [9.17, 15) is 18.0 Å². The Labute approximate surface area is 229 Å². The van der Waals surface area contributed by atoms with Crippen LogP contribution in [0.25, 0.3) is 0 Å². The molecule has 8 nitrogen and oxygen atoms in total. The molecule has 1 atom stereocenters. The SMILES string of the molecule is CCNC(=O)[C@H](C)N(Cc1ccc(OC)cc1)C(=O)CN(c1ccc(Cl)cc1C)S(=O)(=O)c1ccccc1. The van der Waals surface area contributed by atoms with Gasteiger partial charge in [-0.1, -0.05) is 41.9 Å². The number of nitrogens with zero attached hydrogens (tertiary/aromatic N) is 2. The number of benzene rings is 3. The van der Waals surface area contributed by atoms with Crippen molar-refractivity contribution in [2.45, 2.75) is 38.3 Å². The lowest BCUT2D eigenvalue weighted by Crippen LogP contribution is -2.51. The normalized spacial score (nSPS) is 11.9. The zero-order valence-electron chi connectivity index (χ0n) is 21.8. The number of carbonyl (C=O) groups excluding carboxylic acids is 2. The summed E-state index contributed by atoms with van der Waals surface area (Å²) in [6.07, 6.45) is 0. The molecule has 0 radical (unpaired) electrons.